The van der Waals surface area contributed by atoms with E-state index in [1.54, 1.807) is 24.3 Å². The fourth-order valence-corrected chi connectivity index (χ4v) is 1.75. The van der Waals surface area contributed by atoms with Gasteiger partial charge < -0.3 is 16.4 Å². The molecule has 0 saturated heterocycles. The van der Waals surface area contributed by atoms with Gasteiger partial charge >= 0.3 is 6.03 Å². The van der Waals surface area contributed by atoms with Crippen molar-refractivity contribution in [2.45, 2.75) is 13.0 Å². The van der Waals surface area contributed by atoms with E-state index >= 15 is 0 Å². The number of nitrogens with two attached hydrogens (primary N) is 1. The van der Waals surface area contributed by atoms with Crippen LogP contribution in [0.1, 0.15) is 18.5 Å². The number of benzene rings is 2. The van der Waals surface area contributed by atoms with E-state index in [0.717, 1.165) is 17.7 Å². The summed E-state index contributed by atoms with van der Waals surface area (Å²) in [7, 11) is 0. The highest BCUT2D eigenvalue weighted by molar-refractivity contribution is 5.99. The van der Waals surface area contributed by atoms with Crippen molar-refractivity contribution >= 4 is 17.4 Å². The van der Waals surface area contributed by atoms with Crippen molar-refractivity contribution in [3.8, 4) is 0 Å². The normalized spacial score (nSPS) is 11.8. The summed E-state index contributed by atoms with van der Waals surface area (Å²) in [6, 6.07) is 9.18. The quantitative estimate of drug-likeness (QED) is 0.808. The minimum Gasteiger partial charge on any atom is -0.324 e. The van der Waals surface area contributed by atoms with Crippen LogP contribution in [-0.4, -0.2) is 6.03 Å². The van der Waals surface area contributed by atoms with Crippen molar-refractivity contribution in [1.82, 2.24) is 0 Å². The number of rotatable bonds is 3. The minimum atomic E-state index is -0.836. The zero-order valence-electron chi connectivity index (χ0n) is 11.4. The van der Waals surface area contributed by atoms with E-state index in [2.05, 4.69) is 10.6 Å². The van der Waals surface area contributed by atoms with Gasteiger partial charge in [-0.25, -0.2) is 13.6 Å². The molecule has 1 unspecified atom stereocenters. The van der Waals surface area contributed by atoms with Crippen LogP contribution < -0.4 is 16.4 Å². The van der Waals surface area contributed by atoms with Gasteiger partial charge in [0.15, 0.2) is 0 Å². The van der Waals surface area contributed by atoms with E-state index in [0.29, 0.717) is 11.8 Å². The number of nitrogens with one attached hydrogen (secondary N) is 2. The summed E-state index contributed by atoms with van der Waals surface area (Å²) < 4.78 is 26.2. The molecule has 110 valence electrons. The van der Waals surface area contributed by atoms with Gasteiger partial charge in [0.2, 0.25) is 0 Å². The predicted octanol–water partition coefficient (Wildman–Crippen LogP) is 3.63. The number of hydrogen-bond donors (Lipinski definition) is 3. The SMILES string of the molecule is CC(N)c1ccc(NC(=O)Nc2ccc(F)cc2F)cc1. The van der Waals surface area contributed by atoms with Crippen molar-refractivity contribution in [3.63, 3.8) is 0 Å². The van der Waals surface area contributed by atoms with Crippen molar-refractivity contribution in [1.29, 1.82) is 0 Å². The highest BCUT2D eigenvalue weighted by Crippen LogP contribution is 2.17. The zero-order valence-corrected chi connectivity index (χ0v) is 11.4. The number of urea groups is 1. The van der Waals surface area contributed by atoms with Crippen LogP contribution in [0.3, 0.4) is 0 Å². The molecule has 6 heteroatoms. The van der Waals surface area contributed by atoms with Crippen molar-refractivity contribution in [3.05, 3.63) is 59.7 Å². The summed E-state index contributed by atoms with van der Waals surface area (Å²) in [6.45, 7) is 1.85. The molecule has 2 rings (SSSR count). The van der Waals surface area contributed by atoms with Gasteiger partial charge in [0.1, 0.15) is 11.6 Å². The van der Waals surface area contributed by atoms with E-state index in [4.69, 9.17) is 5.73 Å². The molecule has 0 bridgehead atoms. The molecule has 2 amide bonds. The minimum absolute atomic E-state index is 0.0961. The maximum atomic E-state index is 13.4. The van der Waals surface area contributed by atoms with E-state index < -0.39 is 17.7 Å². The molecule has 1 atom stereocenters. The maximum Gasteiger partial charge on any atom is 0.323 e. The molecular weight excluding hydrogens is 276 g/mol. The summed E-state index contributed by atoms with van der Waals surface area (Å²) >= 11 is 0. The van der Waals surface area contributed by atoms with Gasteiger partial charge in [-0.1, -0.05) is 12.1 Å². The number of carbonyl (C=O) groups excluding carboxylic acids is 1. The lowest BCUT2D eigenvalue weighted by molar-refractivity contribution is 0.262. The fourth-order valence-electron chi connectivity index (χ4n) is 1.75. The third kappa shape index (κ3) is 4.00. The van der Waals surface area contributed by atoms with Gasteiger partial charge in [0.05, 0.1) is 5.69 Å². The third-order valence-electron chi connectivity index (χ3n) is 2.87. The van der Waals surface area contributed by atoms with Crippen LogP contribution in [0.25, 0.3) is 0 Å². The maximum absolute atomic E-state index is 13.4. The molecule has 0 aliphatic heterocycles. The van der Waals surface area contributed by atoms with Gasteiger partial charge in [0, 0.05) is 17.8 Å². The number of amides is 2. The fraction of sp³-hybridized carbons (Fsp3) is 0.133. The Kier molecular flexibility index (Phi) is 4.49. The highest BCUT2D eigenvalue weighted by Gasteiger charge is 2.08. The van der Waals surface area contributed by atoms with Crippen LogP contribution in [0.4, 0.5) is 25.0 Å². The lowest BCUT2D eigenvalue weighted by Crippen LogP contribution is -2.20. The van der Waals surface area contributed by atoms with Gasteiger partial charge in [-0.15, -0.1) is 0 Å². The number of anilines is 2. The summed E-state index contributed by atoms with van der Waals surface area (Å²) in [5.41, 5.74) is 7.10. The highest BCUT2D eigenvalue weighted by atomic mass is 19.1. The molecule has 0 aliphatic rings. The molecule has 0 heterocycles. The molecule has 0 radical (unpaired) electrons. The largest absolute Gasteiger partial charge is 0.324 e. The number of carbonyl (C=O) groups is 1. The Hall–Kier alpha value is -2.47. The number of halogens is 2. The predicted molar refractivity (Wildman–Crippen MR) is 78.0 cm³/mol. The topological polar surface area (TPSA) is 67.1 Å². The molecular formula is C15H15F2N3O. The number of hydrogen-bond acceptors (Lipinski definition) is 2. The van der Waals surface area contributed by atoms with E-state index in [1.807, 2.05) is 6.92 Å². The van der Waals surface area contributed by atoms with E-state index in [9.17, 15) is 13.6 Å². The molecule has 21 heavy (non-hydrogen) atoms. The van der Waals surface area contributed by atoms with Gasteiger partial charge in [0.25, 0.3) is 0 Å². The second-order valence-electron chi connectivity index (χ2n) is 4.61. The van der Waals surface area contributed by atoms with Crippen molar-refractivity contribution in [2.24, 2.45) is 5.73 Å². The Morgan fingerprint density at radius 1 is 1.10 bits per heavy atom. The summed E-state index contributed by atoms with van der Waals surface area (Å²) in [4.78, 5) is 11.7. The smallest absolute Gasteiger partial charge is 0.323 e. The second-order valence-corrected chi connectivity index (χ2v) is 4.61. The molecule has 2 aromatic carbocycles. The van der Waals surface area contributed by atoms with Crippen LogP contribution in [0.15, 0.2) is 42.5 Å². The molecule has 0 spiro atoms. The first-order chi connectivity index (χ1) is 9.95. The van der Waals surface area contributed by atoms with Crippen LogP contribution in [-0.2, 0) is 0 Å². The van der Waals surface area contributed by atoms with E-state index in [1.165, 1.54) is 0 Å². The molecule has 4 nitrogen and oxygen atoms in total. The first kappa shape index (κ1) is 14.9. The Morgan fingerprint density at radius 2 is 1.76 bits per heavy atom. The van der Waals surface area contributed by atoms with Gasteiger partial charge in [-0.05, 0) is 36.8 Å². The first-order valence-electron chi connectivity index (χ1n) is 6.34. The lowest BCUT2D eigenvalue weighted by Gasteiger charge is -2.10. The Bertz CT molecular complexity index is 642. The lowest BCUT2D eigenvalue weighted by atomic mass is 10.1. The second kappa shape index (κ2) is 6.32. The van der Waals surface area contributed by atoms with Crippen LogP contribution >= 0.6 is 0 Å². The van der Waals surface area contributed by atoms with Crippen LogP contribution in [0.5, 0.6) is 0 Å². The third-order valence-corrected chi connectivity index (χ3v) is 2.87. The Morgan fingerprint density at radius 3 is 2.33 bits per heavy atom. The molecule has 0 aromatic heterocycles. The average Bonchev–Trinajstić information content (AvgIpc) is 2.42. The van der Waals surface area contributed by atoms with Crippen molar-refractivity contribution < 1.29 is 13.6 Å². The molecule has 0 saturated carbocycles. The molecule has 2 aromatic rings. The van der Waals surface area contributed by atoms with Gasteiger partial charge in [-0.3, -0.25) is 0 Å². The average molecular weight is 291 g/mol. The summed E-state index contributed by atoms with van der Waals surface area (Å²) in [6.07, 6.45) is 0. The molecule has 0 fully saturated rings. The monoisotopic (exact) mass is 291 g/mol. The Labute approximate surface area is 121 Å². The standard InChI is InChI=1S/C15H15F2N3O/c1-9(18)10-2-5-12(6-3-10)19-15(21)20-14-7-4-11(16)8-13(14)17/h2-9H,18H2,1H3,(H2,19,20,21). The first-order valence-corrected chi connectivity index (χ1v) is 6.34. The Balaban J connectivity index is 2.01. The molecule has 4 N–H and O–H groups in total. The van der Waals surface area contributed by atoms with E-state index in [-0.39, 0.29) is 11.7 Å². The van der Waals surface area contributed by atoms with Crippen molar-refractivity contribution in [2.75, 3.05) is 10.6 Å². The summed E-state index contributed by atoms with van der Waals surface area (Å²) in [5, 5.41) is 4.85. The molecule has 0 aliphatic carbocycles. The summed E-state index contributed by atoms with van der Waals surface area (Å²) in [5.74, 6) is -1.54. The van der Waals surface area contributed by atoms with Gasteiger partial charge in [-0.2, -0.15) is 0 Å². The van der Waals surface area contributed by atoms with Crippen LogP contribution in [0.2, 0.25) is 0 Å². The zero-order chi connectivity index (χ0) is 15.4. The van der Waals surface area contributed by atoms with Crippen LogP contribution in [0, 0.1) is 11.6 Å².